The molecule has 1 aliphatic rings. The van der Waals surface area contributed by atoms with Crippen LogP contribution in [-0.4, -0.2) is 32.6 Å². The number of ether oxygens (including phenoxy) is 1. The minimum atomic E-state index is -1.49. The average Bonchev–Trinajstić information content (AvgIpc) is 3.28. The number of H-pyrrole nitrogens is 1. The predicted octanol–water partition coefficient (Wildman–Crippen LogP) is 6.69. The number of nitrogens with one attached hydrogen (secondary N) is 1. The lowest BCUT2D eigenvalue weighted by atomic mass is 9.61. The molecule has 3 atom stereocenters. The van der Waals surface area contributed by atoms with Crippen LogP contribution in [0.1, 0.15) is 50.5 Å². The Morgan fingerprint density at radius 2 is 1.57 bits per heavy atom. The summed E-state index contributed by atoms with van der Waals surface area (Å²) in [6, 6.07) is 26.8. The number of benzene rings is 3. The van der Waals surface area contributed by atoms with Crippen molar-refractivity contribution in [3.05, 3.63) is 108 Å². The number of para-hydroxylation sites is 1. The molecule has 1 saturated heterocycles. The zero-order chi connectivity index (χ0) is 26.4. The zero-order valence-electron chi connectivity index (χ0n) is 21.6. The van der Waals surface area contributed by atoms with E-state index < -0.39 is 34.7 Å². The van der Waals surface area contributed by atoms with Crippen molar-refractivity contribution < 1.29 is 19.4 Å². The van der Waals surface area contributed by atoms with Crippen molar-refractivity contribution >= 4 is 23.0 Å². The van der Waals surface area contributed by atoms with Gasteiger partial charge < -0.3 is 14.8 Å². The summed E-state index contributed by atoms with van der Waals surface area (Å²) in [7, 11) is 0. The zero-order valence-corrected chi connectivity index (χ0v) is 21.6. The number of morpholine rings is 1. The maximum absolute atomic E-state index is 14.0. The molecule has 6 heteroatoms. The predicted molar refractivity (Wildman–Crippen MR) is 143 cm³/mol. The molecule has 5 rings (SSSR count). The number of aromatic amines is 1. The fourth-order valence-corrected chi connectivity index (χ4v) is 6.15. The summed E-state index contributed by atoms with van der Waals surface area (Å²) >= 11 is 0. The standard InChI is InChI=1S/C31H32N2O4/c1-29(2,3)31(23-15-9-6-10-16-23)26(21-13-7-5-8-14-21)37-27(34)30(4,33(31)28(35)36)19-22-20-32-25-18-12-11-17-24(22)25/h5-18,20,26,32H,19H2,1-4H3,(H,35,36)/t26-,30-,31+/m0/s1. The third-order valence-corrected chi connectivity index (χ3v) is 7.75. The number of amides is 1. The highest BCUT2D eigenvalue weighted by Crippen LogP contribution is 2.59. The Labute approximate surface area is 216 Å². The minimum Gasteiger partial charge on any atom is -0.465 e. The Morgan fingerprint density at radius 3 is 2.19 bits per heavy atom. The molecule has 37 heavy (non-hydrogen) atoms. The van der Waals surface area contributed by atoms with Gasteiger partial charge in [-0.2, -0.15) is 0 Å². The number of fused-ring (bicyclic) bond motifs is 1. The van der Waals surface area contributed by atoms with Gasteiger partial charge in [-0.05, 0) is 35.1 Å². The smallest absolute Gasteiger partial charge is 0.409 e. The van der Waals surface area contributed by atoms with Gasteiger partial charge in [-0.25, -0.2) is 9.59 Å². The Morgan fingerprint density at radius 1 is 0.973 bits per heavy atom. The number of hydrogen-bond acceptors (Lipinski definition) is 3. The Hall–Kier alpha value is -4.06. The molecule has 1 aromatic heterocycles. The summed E-state index contributed by atoms with van der Waals surface area (Å²) in [5, 5.41) is 11.9. The first-order valence-electron chi connectivity index (χ1n) is 12.5. The van der Waals surface area contributed by atoms with Gasteiger partial charge in [0.25, 0.3) is 0 Å². The number of hydrogen-bond donors (Lipinski definition) is 2. The van der Waals surface area contributed by atoms with Crippen molar-refractivity contribution in [3.8, 4) is 0 Å². The largest absolute Gasteiger partial charge is 0.465 e. The van der Waals surface area contributed by atoms with Crippen LogP contribution in [0.25, 0.3) is 10.9 Å². The average molecular weight is 497 g/mol. The van der Waals surface area contributed by atoms with Gasteiger partial charge in [0.2, 0.25) is 0 Å². The normalized spacial score (nSPS) is 24.2. The molecule has 3 aromatic carbocycles. The van der Waals surface area contributed by atoms with E-state index >= 15 is 0 Å². The number of carboxylic acid groups (broad SMARTS) is 1. The van der Waals surface area contributed by atoms with E-state index in [1.165, 1.54) is 4.90 Å². The molecule has 0 bridgehead atoms. The van der Waals surface area contributed by atoms with Gasteiger partial charge in [-0.3, -0.25) is 4.90 Å². The molecule has 1 amide bonds. The molecule has 2 heterocycles. The lowest BCUT2D eigenvalue weighted by Crippen LogP contribution is -2.74. The number of nitrogens with zero attached hydrogens (tertiary/aromatic N) is 1. The third-order valence-electron chi connectivity index (χ3n) is 7.75. The second-order valence-corrected chi connectivity index (χ2v) is 11.0. The second-order valence-electron chi connectivity index (χ2n) is 11.0. The Bertz CT molecular complexity index is 1440. The first-order chi connectivity index (χ1) is 17.6. The highest BCUT2D eigenvalue weighted by Gasteiger charge is 2.67. The molecule has 0 spiro atoms. The van der Waals surface area contributed by atoms with Crippen LogP contribution < -0.4 is 0 Å². The Kier molecular flexibility index (Phi) is 5.86. The maximum Gasteiger partial charge on any atom is 0.409 e. The number of esters is 1. The van der Waals surface area contributed by atoms with Crippen LogP contribution in [0.4, 0.5) is 4.79 Å². The van der Waals surface area contributed by atoms with E-state index in [1.54, 1.807) is 6.92 Å². The van der Waals surface area contributed by atoms with E-state index in [-0.39, 0.29) is 6.42 Å². The van der Waals surface area contributed by atoms with Gasteiger partial charge in [-0.1, -0.05) is 99.6 Å². The Balaban J connectivity index is 1.80. The van der Waals surface area contributed by atoms with E-state index in [0.717, 1.165) is 27.6 Å². The fourth-order valence-electron chi connectivity index (χ4n) is 6.15. The van der Waals surface area contributed by atoms with Crippen LogP contribution in [0.15, 0.2) is 91.1 Å². The third kappa shape index (κ3) is 3.70. The number of aromatic nitrogens is 1. The molecule has 0 aliphatic carbocycles. The molecule has 0 unspecified atom stereocenters. The van der Waals surface area contributed by atoms with Crippen molar-refractivity contribution in [2.24, 2.45) is 5.41 Å². The van der Waals surface area contributed by atoms with Crippen LogP contribution in [0, 0.1) is 5.41 Å². The van der Waals surface area contributed by atoms with E-state index in [4.69, 9.17) is 4.74 Å². The van der Waals surface area contributed by atoms with Crippen LogP contribution in [0.5, 0.6) is 0 Å². The molecule has 1 aliphatic heterocycles. The van der Waals surface area contributed by atoms with E-state index in [0.29, 0.717) is 0 Å². The summed E-state index contributed by atoms with van der Waals surface area (Å²) in [6.07, 6.45) is -0.00304. The molecule has 0 radical (unpaired) electrons. The monoisotopic (exact) mass is 496 g/mol. The molecular formula is C31H32N2O4. The minimum absolute atomic E-state index is 0.161. The van der Waals surface area contributed by atoms with Gasteiger partial charge in [0.15, 0.2) is 6.10 Å². The summed E-state index contributed by atoms with van der Waals surface area (Å²) in [5.41, 5.74) is -0.0853. The molecule has 2 N–H and O–H groups in total. The first kappa shape index (κ1) is 24.6. The quantitative estimate of drug-likeness (QED) is 0.308. The molecular weight excluding hydrogens is 464 g/mol. The summed E-state index contributed by atoms with van der Waals surface area (Å²) in [4.78, 5) is 32.1. The highest BCUT2D eigenvalue weighted by molar-refractivity contribution is 5.90. The van der Waals surface area contributed by atoms with Crippen LogP contribution in [0.3, 0.4) is 0 Å². The number of cyclic esters (lactones) is 1. The number of carbonyl (C=O) groups excluding carboxylic acids is 1. The van der Waals surface area contributed by atoms with Crippen molar-refractivity contribution in [2.75, 3.05) is 0 Å². The lowest BCUT2D eigenvalue weighted by molar-refractivity contribution is -0.219. The first-order valence-corrected chi connectivity index (χ1v) is 12.5. The van der Waals surface area contributed by atoms with Crippen LogP contribution >= 0.6 is 0 Å². The number of carbonyl (C=O) groups is 2. The number of rotatable bonds is 4. The van der Waals surface area contributed by atoms with Gasteiger partial charge >= 0.3 is 12.1 Å². The second kappa shape index (κ2) is 8.80. The lowest BCUT2D eigenvalue weighted by Gasteiger charge is -2.62. The van der Waals surface area contributed by atoms with E-state index in [2.05, 4.69) is 4.98 Å². The maximum atomic E-state index is 14.0. The SMILES string of the molecule is CC(C)(C)[C@@]1(c2ccccc2)[C@H](c2ccccc2)OC(=O)[C@](C)(Cc2c[nH]c3ccccc23)N1C(=O)O. The van der Waals surface area contributed by atoms with Crippen molar-refractivity contribution in [3.63, 3.8) is 0 Å². The van der Waals surface area contributed by atoms with Crippen molar-refractivity contribution in [1.82, 2.24) is 9.88 Å². The molecule has 6 nitrogen and oxygen atoms in total. The van der Waals surface area contributed by atoms with Gasteiger partial charge in [-0.15, -0.1) is 0 Å². The molecule has 1 fully saturated rings. The van der Waals surface area contributed by atoms with Crippen molar-refractivity contribution in [2.45, 2.75) is 51.3 Å². The van der Waals surface area contributed by atoms with E-state index in [9.17, 15) is 14.7 Å². The summed E-state index contributed by atoms with van der Waals surface area (Å²) in [6.45, 7) is 7.72. The topological polar surface area (TPSA) is 82.6 Å². The fraction of sp³-hybridized carbons (Fsp3) is 0.290. The van der Waals surface area contributed by atoms with Gasteiger partial charge in [0, 0.05) is 23.5 Å². The summed E-state index contributed by atoms with van der Waals surface area (Å²) in [5.74, 6) is -0.565. The summed E-state index contributed by atoms with van der Waals surface area (Å²) < 4.78 is 6.37. The van der Waals surface area contributed by atoms with Crippen LogP contribution in [-0.2, 0) is 21.5 Å². The van der Waals surface area contributed by atoms with E-state index in [1.807, 2.05) is 112 Å². The van der Waals surface area contributed by atoms with Gasteiger partial charge in [0.05, 0.1) is 0 Å². The molecule has 190 valence electrons. The molecule has 0 saturated carbocycles. The van der Waals surface area contributed by atoms with Crippen molar-refractivity contribution in [1.29, 1.82) is 0 Å². The van der Waals surface area contributed by atoms with Gasteiger partial charge in [0.1, 0.15) is 11.1 Å². The highest BCUT2D eigenvalue weighted by atomic mass is 16.6. The van der Waals surface area contributed by atoms with Crippen LogP contribution in [0.2, 0.25) is 0 Å². The molecule has 4 aromatic rings.